The predicted molar refractivity (Wildman–Crippen MR) is 64.5 cm³/mol. The smallest absolute Gasteiger partial charge is 0.304 e. The number of aromatic nitrogens is 1. The van der Waals surface area contributed by atoms with Crippen molar-refractivity contribution in [3.05, 3.63) is 20.7 Å². The lowest BCUT2D eigenvalue weighted by molar-refractivity contribution is -0.121. The first kappa shape index (κ1) is 12.9. The zero-order chi connectivity index (χ0) is 12.0. The van der Waals surface area contributed by atoms with Crippen LogP contribution in [0.4, 0.5) is 0 Å². The molecule has 3 N–H and O–H groups in total. The molecule has 0 spiro atoms. The van der Waals surface area contributed by atoms with Crippen molar-refractivity contribution in [2.45, 2.75) is 32.9 Å². The third-order valence-electron chi connectivity index (χ3n) is 1.95. The van der Waals surface area contributed by atoms with Crippen molar-refractivity contribution in [2.75, 3.05) is 6.54 Å². The van der Waals surface area contributed by atoms with Crippen molar-refractivity contribution in [1.29, 1.82) is 0 Å². The molecule has 0 bridgehead atoms. The standard InChI is InChI=1S/C10H17N3O2S/c1-7(2)11-4-3-9(14)12-5-8-6-16-10(15)13-8/h6-7,11H,3-5H2,1-2H3,(H,12,14)(H,13,15). The Balaban J connectivity index is 2.18. The number of H-pyrrole nitrogens is 1. The third kappa shape index (κ3) is 5.09. The second-order valence-corrected chi connectivity index (χ2v) is 4.65. The lowest BCUT2D eigenvalue weighted by atomic mass is 10.3. The van der Waals surface area contributed by atoms with Crippen LogP contribution in [0.2, 0.25) is 0 Å². The maximum absolute atomic E-state index is 11.4. The van der Waals surface area contributed by atoms with Gasteiger partial charge in [0, 0.05) is 30.1 Å². The van der Waals surface area contributed by atoms with Crippen LogP contribution < -0.4 is 15.5 Å². The SMILES string of the molecule is CC(C)NCCC(=O)NCc1csc(=O)[nH]1. The molecule has 0 aliphatic rings. The molecule has 0 aliphatic carbocycles. The van der Waals surface area contributed by atoms with Crippen LogP contribution >= 0.6 is 11.3 Å². The van der Waals surface area contributed by atoms with Crippen molar-refractivity contribution in [2.24, 2.45) is 0 Å². The molecule has 0 fully saturated rings. The van der Waals surface area contributed by atoms with Gasteiger partial charge in [-0.15, -0.1) is 0 Å². The first-order chi connectivity index (χ1) is 7.58. The summed E-state index contributed by atoms with van der Waals surface area (Å²) in [5.41, 5.74) is 0.750. The fraction of sp³-hybridized carbons (Fsp3) is 0.600. The first-order valence-electron chi connectivity index (χ1n) is 5.24. The van der Waals surface area contributed by atoms with Gasteiger partial charge in [0.25, 0.3) is 0 Å². The first-order valence-corrected chi connectivity index (χ1v) is 6.12. The van der Waals surface area contributed by atoms with Crippen molar-refractivity contribution in [1.82, 2.24) is 15.6 Å². The number of carbonyl (C=O) groups excluding carboxylic acids is 1. The Morgan fingerprint density at radius 3 is 2.88 bits per heavy atom. The van der Waals surface area contributed by atoms with E-state index in [2.05, 4.69) is 15.6 Å². The lowest BCUT2D eigenvalue weighted by Gasteiger charge is -2.07. The zero-order valence-corrected chi connectivity index (χ0v) is 10.3. The number of carbonyl (C=O) groups is 1. The Bertz CT molecular complexity index is 383. The van der Waals surface area contributed by atoms with Gasteiger partial charge in [0.15, 0.2) is 0 Å². The van der Waals surface area contributed by atoms with Gasteiger partial charge in [-0.3, -0.25) is 9.59 Å². The number of hydrogen-bond donors (Lipinski definition) is 3. The van der Waals surface area contributed by atoms with Crippen LogP contribution in [0, 0.1) is 0 Å². The van der Waals surface area contributed by atoms with Crippen LogP contribution in [-0.4, -0.2) is 23.5 Å². The quantitative estimate of drug-likeness (QED) is 0.679. The summed E-state index contributed by atoms with van der Waals surface area (Å²) in [5.74, 6) is -0.0137. The minimum atomic E-state index is -0.0919. The maximum atomic E-state index is 11.4. The zero-order valence-electron chi connectivity index (χ0n) is 9.50. The summed E-state index contributed by atoms with van der Waals surface area (Å²) in [7, 11) is 0. The van der Waals surface area contributed by atoms with E-state index in [1.807, 2.05) is 13.8 Å². The van der Waals surface area contributed by atoms with Gasteiger partial charge in [-0.1, -0.05) is 25.2 Å². The highest BCUT2D eigenvalue weighted by Crippen LogP contribution is 1.94. The number of amides is 1. The highest BCUT2D eigenvalue weighted by molar-refractivity contribution is 7.07. The number of nitrogens with one attached hydrogen (secondary N) is 3. The summed E-state index contributed by atoms with van der Waals surface area (Å²) in [6.07, 6.45) is 0.451. The Morgan fingerprint density at radius 1 is 1.56 bits per heavy atom. The molecule has 1 heterocycles. The van der Waals surface area contributed by atoms with E-state index >= 15 is 0 Å². The number of rotatable bonds is 6. The largest absolute Gasteiger partial charge is 0.350 e. The van der Waals surface area contributed by atoms with Crippen LogP contribution in [0.5, 0.6) is 0 Å². The van der Waals surface area contributed by atoms with Gasteiger partial charge in [0.2, 0.25) is 5.91 Å². The van der Waals surface area contributed by atoms with Gasteiger partial charge in [-0.2, -0.15) is 0 Å². The number of thiazole rings is 1. The van der Waals surface area contributed by atoms with Gasteiger partial charge in [0.1, 0.15) is 0 Å². The molecule has 6 heteroatoms. The summed E-state index contributed by atoms with van der Waals surface area (Å²) in [6, 6.07) is 0.390. The molecule has 90 valence electrons. The van der Waals surface area contributed by atoms with E-state index in [4.69, 9.17) is 0 Å². The number of hydrogen-bond acceptors (Lipinski definition) is 4. The van der Waals surface area contributed by atoms with Gasteiger partial charge >= 0.3 is 4.87 Å². The highest BCUT2D eigenvalue weighted by atomic mass is 32.1. The van der Waals surface area contributed by atoms with E-state index in [9.17, 15) is 9.59 Å². The summed E-state index contributed by atoms with van der Waals surface area (Å²) in [5, 5.41) is 7.62. The molecule has 1 aromatic rings. The van der Waals surface area contributed by atoms with Crippen LogP contribution in [0.3, 0.4) is 0 Å². The van der Waals surface area contributed by atoms with E-state index in [-0.39, 0.29) is 10.8 Å². The normalized spacial score (nSPS) is 10.7. The van der Waals surface area contributed by atoms with Crippen molar-refractivity contribution >= 4 is 17.2 Å². The van der Waals surface area contributed by atoms with Crippen LogP contribution in [0.1, 0.15) is 26.0 Å². The van der Waals surface area contributed by atoms with Crippen LogP contribution in [-0.2, 0) is 11.3 Å². The average Bonchev–Trinajstić information content (AvgIpc) is 2.61. The Labute approximate surface area is 98.3 Å². The molecule has 0 atom stereocenters. The fourth-order valence-electron chi connectivity index (χ4n) is 1.16. The van der Waals surface area contributed by atoms with Gasteiger partial charge < -0.3 is 15.6 Å². The molecule has 5 nitrogen and oxygen atoms in total. The molecule has 0 unspecified atom stereocenters. The minimum absolute atomic E-state index is 0.0137. The molecule has 0 aromatic carbocycles. The van der Waals surface area contributed by atoms with Crippen molar-refractivity contribution in [3.8, 4) is 0 Å². The van der Waals surface area contributed by atoms with E-state index in [1.165, 1.54) is 0 Å². The molecule has 0 aliphatic heterocycles. The molecular weight excluding hydrogens is 226 g/mol. The summed E-state index contributed by atoms with van der Waals surface area (Å²) in [4.78, 5) is 24.7. The average molecular weight is 243 g/mol. The monoisotopic (exact) mass is 243 g/mol. The molecule has 1 rings (SSSR count). The Hall–Kier alpha value is -1.14. The van der Waals surface area contributed by atoms with Crippen LogP contribution in [0.25, 0.3) is 0 Å². The molecule has 1 aromatic heterocycles. The highest BCUT2D eigenvalue weighted by Gasteiger charge is 2.02. The summed E-state index contributed by atoms with van der Waals surface area (Å²) in [6.45, 7) is 5.13. The molecule has 0 saturated heterocycles. The minimum Gasteiger partial charge on any atom is -0.350 e. The van der Waals surface area contributed by atoms with E-state index < -0.39 is 0 Å². The van der Waals surface area contributed by atoms with Crippen LogP contribution in [0.15, 0.2) is 10.2 Å². The van der Waals surface area contributed by atoms with Gasteiger partial charge in [0.05, 0.1) is 6.54 Å². The third-order valence-corrected chi connectivity index (χ3v) is 2.67. The molecule has 0 saturated carbocycles. The number of aromatic amines is 1. The van der Waals surface area contributed by atoms with Crippen molar-refractivity contribution < 1.29 is 4.79 Å². The van der Waals surface area contributed by atoms with E-state index in [0.717, 1.165) is 17.0 Å². The second kappa shape index (κ2) is 6.44. The Kier molecular flexibility index (Phi) is 5.21. The van der Waals surface area contributed by atoms with E-state index in [1.54, 1.807) is 5.38 Å². The van der Waals surface area contributed by atoms with Gasteiger partial charge in [-0.25, -0.2) is 0 Å². The summed E-state index contributed by atoms with van der Waals surface area (Å²) >= 11 is 1.10. The second-order valence-electron chi connectivity index (χ2n) is 3.81. The lowest BCUT2D eigenvalue weighted by Crippen LogP contribution is -2.30. The van der Waals surface area contributed by atoms with E-state index in [0.29, 0.717) is 25.6 Å². The molecular formula is C10H17N3O2S. The molecule has 1 amide bonds. The van der Waals surface area contributed by atoms with Gasteiger partial charge in [-0.05, 0) is 0 Å². The van der Waals surface area contributed by atoms with Crippen molar-refractivity contribution in [3.63, 3.8) is 0 Å². The summed E-state index contributed by atoms with van der Waals surface area (Å²) < 4.78 is 0. The molecule has 0 radical (unpaired) electrons. The topological polar surface area (TPSA) is 74.0 Å². The maximum Gasteiger partial charge on any atom is 0.304 e. The fourth-order valence-corrected chi connectivity index (χ4v) is 1.74. The predicted octanol–water partition coefficient (Wildman–Crippen LogP) is 0.441. The molecule has 16 heavy (non-hydrogen) atoms. The Morgan fingerprint density at radius 2 is 2.31 bits per heavy atom.